The third-order valence-electron chi connectivity index (χ3n) is 2.52. The van der Waals surface area contributed by atoms with Crippen molar-refractivity contribution in [2.45, 2.75) is 16.3 Å². The maximum Gasteiger partial charge on any atom is 0.223 e. The first-order valence-corrected chi connectivity index (χ1v) is 7.45. The Hall–Kier alpha value is -1.66. The first kappa shape index (κ1) is 12.4. The number of aryl methyl sites for hydroxylation is 1. The summed E-state index contributed by atoms with van der Waals surface area (Å²) < 4.78 is 2.20. The molecule has 1 aromatic carbocycles. The first-order valence-electron chi connectivity index (χ1n) is 5.81. The van der Waals surface area contributed by atoms with Crippen molar-refractivity contribution in [3.63, 3.8) is 0 Å². The molecule has 0 aliphatic carbocycles. The molecule has 1 N–H and O–H groups in total. The molecule has 6 heteroatoms. The van der Waals surface area contributed by atoms with E-state index in [2.05, 4.69) is 26.3 Å². The second-order valence-electron chi connectivity index (χ2n) is 3.97. The average Bonchev–Trinajstić information content (AvgIpc) is 2.80. The van der Waals surface area contributed by atoms with Crippen LogP contribution in [0.4, 0.5) is 5.95 Å². The van der Waals surface area contributed by atoms with E-state index in [1.807, 2.05) is 38.2 Å². The van der Waals surface area contributed by atoms with Crippen molar-refractivity contribution in [3.05, 3.63) is 36.0 Å². The molecule has 4 nitrogen and oxygen atoms in total. The highest BCUT2D eigenvalue weighted by molar-refractivity contribution is 8.01. The topological polar surface area (TPSA) is 50.7 Å². The summed E-state index contributed by atoms with van der Waals surface area (Å²) >= 11 is 3.26. The molecule has 0 bridgehead atoms. The van der Waals surface area contributed by atoms with E-state index in [-0.39, 0.29) is 0 Å². The number of nitrogens with zero attached hydrogens (tertiary/aromatic N) is 3. The van der Waals surface area contributed by atoms with Crippen LogP contribution in [-0.4, -0.2) is 22.0 Å². The molecule has 0 aliphatic rings. The summed E-state index contributed by atoms with van der Waals surface area (Å²) in [6, 6.07) is 10.1. The van der Waals surface area contributed by atoms with Gasteiger partial charge in [-0.1, -0.05) is 12.1 Å². The lowest BCUT2D eigenvalue weighted by atomic mass is 10.3. The van der Waals surface area contributed by atoms with Gasteiger partial charge in [0.1, 0.15) is 5.03 Å². The van der Waals surface area contributed by atoms with Crippen LogP contribution in [0, 0.1) is 6.92 Å². The maximum atomic E-state index is 4.59. The van der Waals surface area contributed by atoms with Crippen molar-refractivity contribution in [1.29, 1.82) is 0 Å². The number of para-hydroxylation sites is 1. The lowest BCUT2D eigenvalue weighted by Crippen LogP contribution is -1.98. The molecule has 0 atom stereocenters. The highest BCUT2D eigenvalue weighted by Gasteiger charge is 2.08. The lowest BCUT2D eigenvalue weighted by molar-refractivity contribution is 1.01. The van der Waals surface area contributed by atoms with Crippen molar-refractivity contribution >= 4 is 39.3 Å². The zero-order chi connectivity index (χ0) is 13.2. The van der Waals surface area contributed by atoms with Gasteiger partial charge in [-0.25, -0.2) is 15.0 Å². The predicted octanol–water partition coefficient (Wildman–Crippen LogP) is 3.59. The summed E-state index contributed by atoms with van der Waals surface area (Å²) in [5.74, 6) is 0.642. The van der Waals surface area contributed by atoms with Gasteiger partial charge in [-0.05, 0) is 36.9 Å². The standard InChI is InChI=1S/C13H12N4S2/c1-8-7-11(17-12(14-2)15-8)19-13-16-9-5-3-4-6-10(9)18-13/h3-7H,1-2H3,(H,14,15,17). The Morgan fingerprint density at radius 3 is 2.79 bits per heavy atom. The normalized spacial score (nSPS) is 10.8. The Labute approximate surface area is 119 Å². The fraction of sp³-hybridized carbons (Fsp3) is 0.154. The lowest BCUT2D eigenvalue weighted by Gasteiger charge is -2.02. The van der Waals surface area contributed by atoms with Gasteiger partial charge < -0.3 is 5.32 Å². The van der Waals surface area contributed by atoms with Crippen LogP contribution in [0.1, 0.15) is 5.69 Å². The highest BCUT2D eigenvalue weighted by Crippen LogP contribution is 2.33. The highest BCUT2D eigenvalue weighted by atomic mass is 32.2. The number of anilines is 1. The van der Waals surface area contributed by atoms with Crippen molar-refractivity contribution in [2.75, 3.05) is 12.4 Å². The minimum atomic E-state index is 0.642. The summed E-state index contributed by atoms with van der Waals surface area (Å²) in [7, 11) is 1.82. The summed E-state index contributed by atoms with van der Waals surface area (Å²) in [4.78, 5) is 13.3. The van der Waals surface area contributed by atoms with E-state index in [9.17, 15) is 0 Å². The van der Waals surface area contributed by atoms with E-state index in [4.69, 9.17) is 0 Å². The van der Waals surface area contributed by atoms with Crippen LogP contribution in [-0.2, 0) is 0 Å². The molecule has 0 aliphatic heterocycles. The van der Waals surface area contributed by atoms with Crippen molar-refractivity contribution in [1.82, 2.24) is 15.0 Å². The van der Waals surface area contributed by atoms with Crippen LogP contribution in [0.15, 0.2) is 39.7 Å². The summed E-state index contributed by atoms with van der Waals surface area (Å²) in [6.45, 7) is 1.96. The molecule has 0 spiro atoms. The fourth-order valence-electron chi connectivity index (χ4n) is 1.69. The SMILES string of the molecule is CNc1nc(C)cc(Sc2nc3ccccc3s2)n1. The van der Waals surface area contributed by atoms with Gasteiger partial charge in [0, 0.05) is 12.7 Å². The third-order valence-corrected chi connectivity index (χ3v) is 4.54. The molecule has 0 saturated carbocycles. The molecular formula is C13H12N4S2. The Bertz CT molecular complexity index is 690. The van der Waals surface area contributed by atoms with Crippen LogP contribution in [0.25, 0.3) is 10.2 Å². The number of rotatable bonds is 3. The van der Waals surface area contributed by atoms with Gasteiger partial charge in [0.25, 0.3) is 0 Å². The largest absolute Gasteiger partial charge is 0.357 e. The van der Waals surface area contributed by atoms with Crippen molar-refractivity contribution < 1.29 is 0 Å². The van der Waals surface area contributed by atoms with Crippen LogP contribution < -0.4 is 5.32 Å². The number of thiazole rings is 1. The van der Waals surface area contributed by atoms with E-state index >= 15 is 0 Å². The molecule has 0 radical (unpaired) electrons. The van der Waals surface area contributed by atoms with E-state index in [1.165, 1.54) is 4.70 Å². The monoisotopic (exact) mass is 288 g/mol. The first-order chi connectivity index (χ1) is 9.24. The number of nitrogens with one attached hydrogen (secondary N) is 1. The van der Waals surface area contributed by atoms with Gasteiger partial charge in [-0.2, -0.15) is 0 Å². The molecule has 3 rings (SSSR count). The molecule has 2 heterocycles. The molecule has 19 heavy (non-hydrogen) atoms. The van der Waals surface area contributed by atoms with E-state index in [0.717, 1.165) is 20.6 Å². The van der Waals surface area contributed by atoms with E-state index < -0.39 is 0 Å². The quantitative estimate of drug-likeness (QED) is 0.746. The van der Waals surface area contributed by atoms with Crippen LogP contribution >= 0.6 is 23.1 Å². The van der Waals surface area contributed by atoms with E-state index in [0.29, 0.717) is 5.95 Å². The number of hydrogen-bond donors (Lipinski definition) is 1. The molecule has 0 saturated heterocycles. The summed E-state index contributed by atoms with van der Waals surface area (Å²) in [5.41, 5.74) is 1.98. The second-order valence-corrected chi connectivity index (χ2v) is 6.27. The molecule has 3 aromatic rings. The minimum Gasteiger partial charge on any atom is -0.357 e. The number of fused-ring (bicyclic) bond motifs is 1. The Morgan fingerprint density at radius 2 is 2.00 bits per heavy atom. The zero-order valence-corrected chi connectivity index (χ0v) is 12.2. The summed E-state index contributed by atoms with van der Waals surface area (Å²) in [5, 5.41) is 3.88. The number of hydrogen-bond acceptors (Lipinski definition) is 6. The smallest absolute Gasteiger partial charge is 0.223 e. The van der Waals surface area contributed by atoms with Crippen molar-refractivity contribution in [3.8, 4) is 0 Å². The number of aromatic nitrogens is 3. The van der Waals surface area contributed by atoms with Gasteiger partial charge >= 0.3 is 0 Å². The Morgan fingerprint density at radius 1 is 1.16 bits per heavy atom. The third kappa shape index (κ3) is 2.69. The van der Waals surface area contributed by atoms with Gasteiger partial charge in [-0.15, -0.1) is 11.3 Å². The van der Waals surface area contributed by atoms with Gasteiger partial charge in [0.2, 0.25) is 5.95 Å². The summed E-state index contributed by atoms with van der Waals surface area (Å²) in [6.07, 6.45) is 0. The fourth-order valence-corrected chi connectivity index (χ4v) is 3.76. The van der Waals surface area contributed by atoms with Crippen LogP contribution in [0.5, 0.6) is 0 Å². The Balaban J connectivity index is 1.94. The maximum absolute atomic E-state index is 4.59. The zero-order valence-electron chi connectivity index (χ0n) is 10.5. The predicted molar refractivity (Wildman–Crippen MR) is 80.1 cm³/mol. The van der Waals surface area contributed by atoms with E-state index in [1.54, 1.807) is 23.1 Å². The molecule has 96 valence electrons. The van der Waals surface area contributed by atoms with Crippen LogP contribution in [0.2, 0.25) is 0 Å². The van der Waals surface area contributed by atoms with Gasteiger partial charge in [0.05, 0.1) is 10.2 Å². The second kappa shape index (κ2) is 5.14. The Kier molecular flexibility index (Phi) is 3.35. The van der Waals surface area contributed by atoms with Crippen LogP contribution in [0.3, 0.4) is 0 Å². The molecule has 0 amide bonds. The average molecular weight is 288 g/mol. The molecule has 0 fully saturated rings. The van der Waals surface area contributed by atoms with Crippen molar-refractivity contribution in [2.24, 2.45) is 0 Å². The van der Waals surface area contributed by atoms with Gasteiger partial charge in [0.15, 0.2) is 4.34 Å². The molecule has 2 aromatic heterocycles. The molecular weight excluding hydrogens is 276 g/mol. The number of benzene rings is 1. The van der Waals surface area contributed by atoms with Gasteiger partial charge in [-0.3, -0.25) is 0 Å². The molecule has 0 unspecified atom stereocenters. The minimum absolute atomic E-state index is 0.642.